The minimum atomic E-state index is -0.540. The van der Waals surface area contributed by atoms with Crippen LogP contribution in [0.15, 0.2) is 30.1 Å². The number of nitrogens with two attached hydrogens (primary N) is 1. The molecule has 1 fully saturated rings. The molecule has 1 aromatic rings. The quantitative estimate of drug-likeness (QED) is 0.254. The van der Waals surface area contributed by atoms with Crippen LogP contribution < -0.4 is 21.3 Å². The number of aromatic nitrogens is 1. The molecule has 2 heterocycles. The topological polar surface area (TPSA) is 145 Å². The molecule has 0 aromatic carbocycles. The van der Waals surface area contributed by atoms with Crippen LogP contribution in [0.25, 0.3) is 0 Å². The summed E-state index contributed by atoms with van der Waals surface area (Å²) in [6.07, 6.45) is 2.83. The zero-order valence-corrected chi connectivity index (χ0v) is 17.6. The number of nitrogens with zero attached hydrogens (tertiary/aromatic N) is 3. The van der Waals surface area contributed by atoms with Gasteiger partial charge in [0.25, 0.3) is 5.91 Å². The van der Waals surface area contributed by atoms with E-state index in [2.05, 4.69) is 15.6 Å². The van der Waals surface area contributed by atoms with E-state index in [1.165, 1.54) is 17.2 Å². The monoisotopic (exact) mass is 415 g/mol. The summed E-state index contributed by atoms with van der Waals surface area (Å²) >= 11 is 0. The van der Waals surface area contributed by atoms with Gasteiger partial charge in [-0.1, -0.05) is 19.9 Å². The van der Waals surface area contributed by atoms with Crippen LogP contribution in [0.5, 0.6) is 0 Å². The second kappa shape index (κ2) is 9.97. The summed E-state index contributed by atoms with van der Waals surface area (Å²) in [6.45, 7) is 4.94. The fraction of sp³-hybridized carbons (Fsp3) is 0.450. The summed E-state index contributed by atoms with van der Waals surface area (Å²) in [5, 5.41) is 13.9. The van der Waals surface area contributed by atoms with E-state index in [-0.39, 0.29) is 29.7 Å². The SMILES string of the molecule is CN/C=C(/NC(=O)c1cccc(N(CC=O)CCN)n1)C(=N)N1CCC(C)(C)C1=O. The van der Waals surface area contributed by atoms with Crippen molar-refractivity contribution in [1.29, 1.82) is 5.41 Å². The highest BCUT2D eigenvalue weighted by atomic mass is 16.2. The molecule has 0 aliphatic carbocycles. The normalized spacial score (nSPS) is 15.7. The molecule has 0 unspecified atom stereocenters. The standard InChI is InChI=1S/C20H29N7O3/c1-20(2)7-9-27(19(20)30)17(22)15(13-23-3)25-18(29)14-5-4-6-16(24-14)26(10-8-21)11-12-28/h4-6,12-13,22-23H,7-11,21H2,1-3H3,(H,25,29)/b15-13+,22-17?. The molecule has 30 heavy (non-hydrogen) atoms. The van der Waals surface area contributed by atoms with Crippen LogP contribution in [0.3, 0.4) is 0 Å². The highest BCUT2D eigenvalue weighted by Crippen LogP contribution is 2.31. The van der Waals surface area contributed by atoms with Crippen LogP contribution in [-0.2, 0) is 9.59 Å². The Kier molecular flexibility index (Phi) is 7.65. The fourth-order valence-corrected chi connectivity index (χ4v) is 3.09. The fourth-order valence-electron chi connectivity index (χ4n) is 3.09. The van der Waals surface area contributed by atoms with Gasteiger partial charge in [0.15, 0.2) is 5.84 Å². The number of aldehydes is 1. The molecule has 0 spiro atoms. The number of pyridine rings is 1. The minimum absolute atomic E-state index is 0.0878. The first-order valence-corrected chi connectivity index (χ1v) is 9.70. The Morgan fingerprint density at radius 3 is 2.73 bits per heavy atom. The van der Waals surface area contributed by atoms with Gasteiger partial charge < -0.3 is 26.1 Å². The van der Waals surface area contributed by atoms with Crippen LogP contribution in [0.2, 0.25) is 0 Å². The number of amides is 2. The predicted molar refractivity (Wildman–Crippen MR) is 114 cm³/mol. The highest BCUT2D eigenvalue weighted by Gasteiger charge is 2.41. The van der Waals surface area contributed by atoms with Crippen molar-refractivity contribution in [2.24, 2.45) is 11.1 Å². The molecule has 0 radical (unpaired) electrons. The second-order valence-electron chi connectivity index (χ2n) is 7.52. The molecule has 0 atom stereocenters. The minimum Gasteiger partial charge on any atom is -0.392 e. The van der Waals surface area contributed by atoms with Gasteiger partial charge in [-0.3, -0.25) is 19.9 Å². The Morgan fingerprint density at radius 2 is 2.17 bits per heavy atom. The van der Waals surface area contributed by atoms with E-state index >= 15 is 0 Å². The molecule has 0 bridgehead atoms. The largest absolute Gasteiger partial charge is 0.392 e. The van der Waals surface area contributed by atoms with Crippen LogP contribution in [0.4, 0.5) is 5.82 Å². The third kappa shape index (κ3) is 5.20. The van der Waals surface area contributed by atoms with Gasteiger partial charge in [0.1, 0.15) is 17.8 Å². The van der Waals surface area contributed by atoms with Gasteiger partial charge in [0.05, 0.1) is 12.2 Å². The molecule has 2 amide bonds. The number of amidine groups is 1. The molecule has 0 saturated carbocycles. The average molecular weight is 415 g/mol. The van der Waals surface area contributed by atoms with Crippen molar-refractivity contribution in [3.63, 3.8) is 0 Å². The molecule has 1 aliphatic heterocycles. The van der Waals surface area contributed by atoms with E-state index in [1.54, 1.807) is 24.1 Å². The molecule has 2 rings (SSSR count). The summed E-state index contributed by atoms with van der Waals surface area (Å²) in [5.41, 5.74) is 5.32. The van der Waals surface area contributed by atoms with Gasteiger partial charge in [-0.15, -0.1) is 0 Å². The molecule has 162 valence electrons. The number of nitrogens with one attached hydrogen (secondary N) is 3. The van der Waals surface area contributed by atoms with Crippen LogP contribution in [-0.4, -0.2) is 67.0 Å². The molecule has 5 N–H and O–H groups in total. The summed E-state index contributed by atoms with van der Waals surface area (Å²) in [4.78, 5) is 43.6. The molecular weight excluding hydrogens is 386 g/mol. The maximum absolute atomic E-state index is 12.8. The predicted octanol–water partition coefficient (Wildman–Crippen LogP) is 0.0720. The van der Waals surface area contributed by atoms with Crippen molar-refractivity contribution < 1.29 is 14.4 Å². The van der Waals surface area contributed by atoms with Gasteiger partial charge >= 0.3 is 0 Å². The third-order valence-corrected chi connectivity index (χ3v) is 4.83. The summed E-state index contributed by atoms with van der Waals surface area (Å²) < 4.78 is 0. The van der Waals surface area contributed by atoms with Gasteiger partial charge in [0, 0.05) is 38.3 Å². The maximum atomic E-state index is 12.8. The maximum Gasteiger partial charge on any atom is 0.274 e. The number of rotatable bonds is 9. The Balaban J connectivity index is 2.20. The first kappa shape index (κ1) is 23.0. The number of hydrogen-bond acceptors (Lipinski definition) is 8. The van der Waals surface area contributed by atoms with Crippen molar-refractivity contribution in [1.82, 2.24) is 20.5 Å². The van der Waals surface area contributed by atoms with Gasteiger partial charge in [-0.2, -0.15) is 0 Å². The van der Waals surface area contributed by atoms with Crippen molar-refractivity contribution in [3.05, 3.63) is 35.8 Å². The smallest absolute Gasteiger partial charge is 0.274 e. The number of carbonyl (C=O) groups excluding carboxylic acids is 3. The van der Waals surface area contributed by atoms with Crippen molar-refractivity contribution in [3.8, 4) is 0 Å². The number of hydrogen-bond donors (Lipinski definition) is 4. The Bertz CT molecular complexity index is 851. The van der Waals surface area contributed by atoms with Crippen molar-refractivity contribution in [2.75, 3.05) is 38.1 Å². The lowest BCUT2D eigenvalue weighted by Crippen LogP contribution is -2.41. The third-order valence-electron chi connectivity index (χ3n) is 4.83. The van der Waals surface area contributed by atoms with Crippen LogP contribution in [0, 0.1) is 10.8 Å². The first-order valence-electron chi connectivity index (χ1n) is 9.70. The molecule has 1 saturated heterocycles. The lowest BCUT2D eigenvalue weighted by molar-refractivity contribution is -0.131. The molecule has 10 nitrogen and oxygen atoms in total. The molecule has 1 aromatic heterocycles. The Hall–Kier alpha value is -3.27. The summed E-state index contributed by atoms with van der Waals surface area (Å²) in [6, 6.07) is 4.88. The lowest BCUT2D eigenvalue weighted by atomic mass is 9.92. The van der Waals surface area contributed by atoms with E-state index in [4.69, 9.17) is 11.1 Å². The summed E-state index contributed by atoms with van der Waals surface area (Å²) in [7, 11) is 1.64. The van der Waals surface area contributed by atoms with Crippen LogP contribution in [0.1, 0.15) is 30.8 Å². The average Bonchev–Trinajstić information content (AvgIpc) is 2.99. The van der Waals surface area contributed by atoms with Crippen molar-refractivity contribution >= 4 is 29.8 Å². The van der Waals surface area contributed by atoms with Gasteiger partial charge in [0.2, 0.25) is 5.91 Å². The molecule has 10 heteroatoms. The summed E-state index contributed by atoms with van der Waals surface area (Å²) in [5.74, 6) is -0.330. The van der Waals surface area contributed by atoms with Gasteiger partial charge in [-0.05, 0) is 18.6 Å². The van der Waals surface area contributed by atoms with Crippen molar-refractivity contribution in [2.45, 2.75) is 20.3 Å². The zero-order valence-electron chi connectivity index (χ0n) is 17.6. The van der Waals surface area contributed by atoms with Gasteiger partial charge in [-0.25, -0.2) is 4.98 Å². The Labute approximate surface area is 176 Å². The molecule has 1 aliphatic rings. The number of carbonyl (C=O) groups is 3. The second-order valence-corrected chi connectivity index (χ2v) is 7.52. The van der Waals surface area contributed by atoms with E-state index in [0.717, 1.165) is 6.29 Å². The van der Waals surface area contributed by atoms with E-state index in [0.29, 0.717) is 31.9 Å². The lowest BCUT2D eigenvalue weighted by Gasteiger charge is -2.22. The van der Waals surface area contributed by atoms with E-state index in [1.807, 2.05) is 13.8 Å². The highest BCUT2D eigenvalue weighted by molar-refractivity contribution is 6.10. The number of anilines is 1. The zero-order chi connectivity index (χ0) is 22.3. The Morgan fingerprint density at radius 1 is 1.43 bits per heavy atom. The number of likely N-dealkylation sites (tertiary alicyclic amines) is 1. The molecular formula is C20H29N7O3. The van der Waals surface area contributed by atoms with E-state index in [9.17, 15) is 14.4 Å². The van der Waals surface area contributed by atoms with E-state index < -0.39 is 11.3 Å². The first-order chi connectivity index (χ1) is 14.2. The van der Waals surface area contributed by atoms with Crippen LogP contribution >= 0.6 is 0 Å².